The number of aromatic nitrogens is 1. The highest BCUT2D eigenvalue weighted by Crippen LogP contribution is 2.30. The van der Waals surface area contributed by atoms with Crippen LogP contribution in [0.1, 0.15) is 12.8 Å². The molecule has 8 heteroatoms. The maximum Gasteiger partial charge on any atom is 0.209 e. The second-order valence-electron chi connectivity index (χ2n) is 5.28. The summed E-state index contributed by atoms with van der Waals surface area (Å²) in [6, 6.07) is 4.45. The highest BCUT2D eigenvalue weighted by molar-refractivity contribution is 7.88. The molecule has 1 aromatic carbocycles. The van der Waals surface area contributed by atoms with E-state index in [0.29, 0.717) is 6.54 Å². The average molecular weight is 329 g/mol. The van der Waals surface area contributed by atoms with Crippen molar-refractivity contribution in [3.63, 3.8) is 0 Å². The molecule has 0 radical (unpaired) electrons. The molecule has 5 nitrogen and oxygen atoms in total. The summed E-state index contributed by atoms with van der Waals surface area (Å²) in [6.45, 7) is 1.43. The van der Waals surface area contributed by atoms with Crippen LogP contribution in [0.3, 0.4) is 0 Å². The molecule has 1 N–H and O–H groups in total. The third kappa shape index (κ3) is 3.50. The number of halogens is 1. The van der Waals surface area contributed by atoms with Gasteiger partial charge in [-0.1, -0.05) is 11.3 Å². The molecule has 0 spiro atoms. The van der Waals surface area contributed by atoms with Gasteiger partial charge in [0.1, 0.15) is 5.82 Å². The quantitative estimate of drug-likeness (QED) is 0.935. The van der Waals surface area contributed by atoms with Crippen LogP contribution in [0, 0.1) is 5.82 Å². The minimum atomic E-state index is -3.20. The van der Waals surface area contributed by atoms with Gasteiger partial charge >= 0.3 is 0 Å². The minimum Gasteiger partial charge on any atom is -0.346 e. The van der Waals surface area contributed by atoms with Gasteiger partial charge in [0.2, 0.25) is 10.0 Å². The molecule has 1 fully saturated rings. The smallest absolute Gasteiger partial charge is 0.209 e. The maximum absolute atomic E-state index is 13.2. The number of nitrogens with zero attached hydrogens (tertiary/aromatic N) is 2. The number of rotatable bonds is 3. The second-order valence-corrected chi connectivity index (χ2v) is 8.07. The van der Waals surface area contributed by atoms with Crippen molar-refractivity contribution in [1.29, 1.82) is 0 Å². The molecule has 114 valence electrons. The summed E-state index contributed by atoms with van der Waals surface area (Å²) in [5, 5.41) is 0.815. The van der Waals surface area contributed by atoms with E-state index in [1.54, 1.807) is 6.07 Å². The molecule has 0 saturated carbocycles. The lowest BCUT2D eigenvalue weighted by Gasteiger charge is -2.32. The van der Waals surface area contributed by atoms with E-state index >= 15 is 0 Å². The summed E-state index contributed by atoms with van der Waals surface area (Å²) < 4.78 is 39.4. The van der Waals surface area contributed by atoms with E-state index in [9.17, 15) is 12.8 Å². The normalized spacial score (nSPS) is 20.1. The van der Waals surface area contributed by atoms with Crippen LogP contribution in [0.25, 0.3) is 10.2 Å². The Labute approximate surface area is 126 Å². The molecular formula is C13H16FN3O2S2. The van der Waals surface area contributed by atoms with Gasteiger partial charge in [-0.2, -0.15) is 0 Å². The Hall–Kier alpha value is -1.25. The summed E-state index contributed by atoms with van der Waals surface area (Å²) in [6.07, 6.45) is 2.90. The van der Waals surface area contributed by atoms with Crippen molar-refractivity contribution < 1.29 is 12.8 Å². The Kier molecular flexibility index (Phi) is 3.85. The molecule has 1 unspecified atom stereocenters. The summed E-state index contributed by atoms with van der Waals surface area (Å²) in [7, 11) is -3.20. The van der Waals surface area contributed by atoms with Gasteiger partial charge in [-0.05, 0) is 31.0 Å². The highest BCUT2D eigenvalue weighted by atomic mass is 32.2. The first-order valence-electron chi connectivity index (χ1n) is 6.69. The number of benzene rings is 1. The van der Waals surface area contributed by atoms with Gasteiger partial charge in [-0.15, -0.1) is 0 Å². The molecule has 0 bridgehead atoms. The third-order valence-corrected chi connectivity index (χ3v) is 5.25. The molecule has 0 aliphatic carbocycles. The Morgan fingerprint density at radius 1 is 1.48 bits per heavy atom. The lowest BCUT2D eigenvalue weighted by atomic mass is 10.1. The number of hydrogen-bond donors (Lipinski definition) is 1. The largest absolute Gasteiger partial charge is 0.346 e. The van der Waals surface area contributed by atoms with Crippen LogP contribution in [0.5, 0.6) is 0 Å². The Morgan fingerprint density at radius 2 is 2.29 bits per heavy atom. The number of fused-ring (bicyclic) bond motifs is 1. The van der Waals surface area contributed by atoms with Crippen molar-refractivity contribution in [2.24, 2.45) is 0 Å². The van der Waals surface area contributed by atoms with E-state index in [2.05, 4.69) is 14.6 Å². The number of nitrogens with one attached hydrogen (secondary N) is 1. The highest BCUT2D eigenvalue weighted by Gasteiger charge is 2.24. The molecule has 3 rings (SSSR count). The van der Waals surface area contributed by atoms with E-state index in [0.717, 1.165) is 34.7 Å². The fourth-order valence-corrected chi connectivity index (χ4v) is 4.39. The van der Waals surface area contributed by atoms with Crippen molar-refractivity contribution in [3.05, 3.63) is 24.0 Å². The predicted octanol–water partition coefficient (Wildman–Crippen LogP) is 1.95. The van der Waals surface area contributed by atoms with Crippen molar-refractivity contribution in [2.45, 2.75) is 18.9 Å². The van der Waals surface area contributed by atoms with Crippen molar-refractivity contribution in [2.75, 3.05) is 24.2 Å². The fourth-order valence-electron chi connectivity index (χ4n) is 2.57. The van der Waals surface area contributed by atoms with Crippen LogP contribution >= 0.6 is 11.3 Å². The second kappa shape index (κ2) is 5.51. The fraction of sp³-hybridized carbons (Fsp3) is 0.462. The number of piperidine rings is 1. The van der Waals surface area contributed by atoms with Gasteiger partial charge in [0, 0.05) is 19.1 Å². The molecular weight excluding hydrogens is 313 g/mol. The van der Waals surface area contributed by atoms with E-state index in [1.807, 2.05) is 0 Å². The number of anilines is 1. The van der Waals surface area contributed by atoms with E-state index in [1.165, 1.54) is 29.7 Å². The van der Waals surface area contributed by atoms with Crippen molar-refractivity contribution in [3.8, 4) is 0 Å². The van der Waals surface area contributed by atoms with E-state index < -0.39 is 10.0 Å². The van der Waals surface area contributed by atoms with Crippen LogP contribution in [0.4, 0.5) is 9.52 Å². The summed E-state index contributed by atoms with van der Waals surface area (Å²) >= 11 is 1.44. The first-order chi connectivity index (χ1) is 9.90. The molecule has 2 aromatic rings. The van der Waals surface area contributed by atoms with Gasteiger partial charge in [0.05, 0.1) is 16.5 Å². The summed E-state index contributed by atoms with van der Waals surface area (Å²) in [4.78, 5) is 6.57. The number of thiazole rings is 1. The lowest BCUT2D eigenvalue weighted by Crippen LogP contribution is -2.47. The Balaban J connectivity index is 1.81. The predicted molar refractivity (Wildman–Crippen MR) is 82.8 cm³/mol. The van der Waals surface area contributed by atoms with Crippen LogP contribution < -0.4 is 9.62 Å². The van der Waals surface area contributed by atoms with Gasteiger partial charge < -0.3 is 4.90 Å². The Morgan fingerprint density at radius 3 is 3.05 bits per heavy atom. The topological polar surface area (TPSA) is 62.3 Å². The molecule has 0 amide bonds. The molecule has 1 aromatic heterocycles. The van der Waals surface area contributed by atoms with Crippen molar-refractivity contribution in [1.82, 2.24) is 9.71 Å². The first-order valence-corrected chi connectivity index (χ1v) is 9.40. The van der Waals surface area contributed by atoms with Crippen LogP contribution in [-0.4, -0.2) is 38.8 Å². The summed E-state index contributed by atoms with van der Waals surface area (Å²) in [5.74, 6) is -0.270. The van der Waals surface area contributed by atoms with Gasteiger partial charge in [0.25, 0.3) is 0 Å². The molecule has 21 heavy (non-hydrogen) atoms. The average Bonchev–Trinajstić information content (AvgIpc) is 2.80. The third-order valence-electron chi connectivity index (χ3n) is 3.41. The van der Waals surface area contributed by atoms with Crippen molar-refractivity contribution >= 4 is 36.7 Å². The standard InChI is InChI=1S/C13H16FN3O2S2/c1-21(18,19)16-10-3-2-6-17(8-10)13-15-11-5-4-9(14)7-12(11)20-13/h4-5,7,10,16H,2-3,6,8H2,1H3. The molecule has 2 heterocycles. The molecule has 1 atom stereocenters. The van der Waals surface area contributed by atoms with Crippen LogP contribution in [-0.2, 0) is 10.0 Å². The van der Waals surface area contributed by atoms with Crippen LogP contribution in [0.2, 0.25) is 0 Å². The zero-order valence-electron chi connectivity index (χ0n) is 11.5. The first kappa shape index (κ1) is 14.7. The molecule has 1 aliphatic heterocycles. The molecule has 1 saturated heterocycles. The van der Waals surface area contributed by atoms with Gasteiger partial charge in [-0.3, -0.25) is 0 Å². The zero-order valence-corrected chi connectivity index (χ0v) is 13.2. The SMILES string of the molecule is CS(=O)(=O)NC1CCCN(c2nc3ccc(F)cc3s2)C1. The van der Waals surface area contributed by atoms with Gasteiger partial charge in [-0.25, -0.2) is 22.5 Å². The van der Waals surface area contributed by atoms with Gasteiger partial charge in [0.15, 0.2) is 5.13 Å². The summed E-state index contributed by atoms with van der Waals surface area (Å²) in [5.41, 5.74) is 0.773. The Bertz CT molecular complexity index is 760. The van der Waals surface area contributed by atoms with Crippen LogP contribution in [0.15, 0.2) is 18.2 Å². The monoisotopic (exact) mass is 329 g/mol. The minimum absolute atomic E-state index is 0.0995. The number of hydrogen-bond acceptors (Lipinski definition) is 5. The van der Waals surface area contributed by atoms with E-state index in [4.69, 9.17) is 0 Å². The number of sulfonamides is 1. The molecule has 1 aliphatic rings. The lowest BCUT2D eigenvalue weighted by molar-refractivity contribution is 0.467. The zero-order chi connectivity index (χ0) is 15.0. The maximum atomic E-state index is 13.2. The van der Waals surface area contributed by atoms with E-state index in [-0.39, 0.29) is 11.9 Å².